The number of benzene rings is 1. The summed E-state index contributed by atoms with van der Waals surface area (Å²) >= 11 is 1.94. The molecular formula is C19H23N3O2S. The van der Waals surface area contributed by atoms with Crippen LogP contribution in [-0.4, -0.2) is 60.6 Å². The maximum atomic E-state index is 12.7. The van der Waals surface area contributed by atoms with Crippen molar-refractivity contribution in [3.05, 3.63) is 30.3 Å². The van der Waals surface area contributed by atoms with Gasteiger partial charge in [-0.3, -0.25) is 4.79 Å². The molecule has 0 spiro atoms. The molecule has 2 aliphatic rings. The van der Waals surface area contributed by atoms with Gasteiger partial charge in [-0.05, 0) is 36.8 Å². The number of anilines is 1. The number of rotatable bonds is 3. The summed E-state index contributed by atoms with van der Waals surface area (Å²) in [6.45, 7) is 3.47. The van der Waals surface area contributed by atoms with Gasteiger partial charge in [0.1, 0.15) is 11.6 Å². The van der Waals surface area contributed by atoms with Crippen LogP contribution in [-0.2, 0) is 4.79 Å². The van der Waals surface area contributed by atoms with Gasteiger partial charge in [0.25, 0.3) is 0 Å². The van der Waals surface area contributed by atoms with E-state index < -0.39 is 0 Å². The van der Waals surface area contributed by atoms with E-state index in [2.05, 4.69) is 11.0 Å². The Balaban J connectivity index is 1.47. The van der Waals surface area contributed by atoms with Gasteiger partial charge < -0.3 is 14.5 Å². The number of hydrogen-bond acceptors (Lipinski definition) is 5. The third-order valence-electron chi connectivity index (χ3n) is 5.07. The fourth-order valence-electron chi connectivity index (χ4n) is 3.61. The van der Waals surface area contributed by atoms with Crippen LogP contribution in [0.15, 0.2) is 30.3 Å². The van der Waals surface area contributed by atoms with E-state index in [-0.39, 0.29) is 5.92 Å². The van der Waals surface area contributed by atoms with E-state index in [0.717, 1.165) is 66.6 Å². The fourth-order valence-corrected chi connectivity index (χ4v) is 4.51. The first-order chi connectivity index (χ1) is 12.2. The smallest absolute Gasteiger partial charge is 0.227 e. The summed E-state index contributed by atoms with van der Waals surface area (Å²) in [5.41, 5.74) is 0.959. The van der Waals surface area contributed by atoms with Crippen LogP contribution in [0.4, 0.5) is 5.82 Å². The lowest BCUT2D eigenvalue weighted by Gasteiger charge is -2.29. The van der Waals surface area contributed by atoms with E-state index >= 15 is 0 Å². The zero-order chi connectivity index (χ0) is 17.2. The van der Waals surface area contributed by atoms with E-state index in [9.17, 15) is 4.79 Å². The molecule has 1 atom stereocenters. The highest BCUT2D eigenvalue weighted by atomic mass is 32.2. The van der Waals surface area contributed by atoms with Crippen molar-refractivity contribution in [2.45, 2.75) is 6.42 Å². The molecule has 2 aliphatic heterocycles. The highest BCUT2D eigenvalue weighted by molar-refractivity contribution is 7.99. The zero-order valence-electron chi connectivity index (χ0n) is 14.5. The Morgan fingerprint density at radius 3 is 2.84 bits per heavy atom. The monoisotopic (exact) mass is 357 g/mol. The first-order valence-electron chi connectivity index (χ1n) is 8.81. The summed E-state index contributed by atoms with van der Waals surface area (Å²) in [6.07, 6.45) is 0.921. The summed E-state index contributed by atoms with van der Waals surface area (Å²) in [4.78, 5) is 21.8. The quantitative estimate of drug-likeness (QED) is 0.845. The molecule has 0 aliphatic carbocycles. The predicted molar refractivity (Wildman–Crippen MR) is 103 cm³/mol. The summed E-state index contributed by atoms with van der Waals surface area (Å²) in [7, 11) is 1.67. The third-order valence-corrected chi connectivity index (χ3v) is 6.01. The molecule has 6 heteroatoms. The lowest BCUT2D eigenvalue weighted by molar-refractivity contribution is -0.134. The van der Waals surface area contributed by atoms with Crippen LogP contribution in [0.1, 0.15) is 6.42 Å². The molecule has 4 rings (SSSR count). The second-order valence-electron chi connectivity index (χ2n) is 6.60. The Kier molecular flexibility index (Phi) is 4.70. The predicted octanol–water partition coefficient (Wildman–Crippen LogP) is 2.65. The molecular weight excluding hydrogens is 334 g/mol. The molecule has 1 unspecified atom stereocenters. The lowest BCUT2D eigenvalue weighted by atomic mass is 10.1. The normalized spacial score (nSPS) is 20.9. The molecule has 25 heavy (non-hydrogen) atoms. The number of fused-ring (bicyclic) bond motifs is 1. The van der Waals surface area contributed by atoms with Gasteiger partial charge in [0.05, 0.1) is 18.5 Å². The van der Waals surface area contributed by atoms with Crippen molar-refractivity contribution in [2.24, 2.45) is 5.92 Å². The number of carbonyl (C=O) groups excluding carboxylic acids is 1. The molecule has 5 nitrogen and oxygen atoms in total. The summed E-state index contributed by atoms with van der Waals surface area (Å²) in [5, 5.41) is 1.07. The van der Waals surface area contributed by atoms with Crippen LogP contribution in [0.5, 0.6) is 5.75 Å². The number of methoxy groups -OCH3 is 1. The second kappa shape index (κ2) is 7.12. The van der Waals surface area contributed by atoms with Crippen molar-refractivity contribution in [1.82, 2.24) is 9.88 Å². The Hall–Kier alpha value is -1.95. The van der Waals surface area contributed by atoms with E-state index in [4.69, 9.17) is 9.72 Å². The van der Waals surface area contributed by atoms with Gasteiger partial charge in [0.15, 0.2) is 0 Å². The fraction of sp³-hybridized carbons (Fsp3) is 0.474. The van der Waals surface area contributed by atoms with Crippen molar-refractivity contribution in [1.29, 1.82) is 0 Å². The standard InChI is InChI=1S/C19H23N3O2S/c1-24-16-3-4-17-14(12-16)2-5-18(20-17)22-7-6-15(13-22)19(23)21-8-10-25-11-9-21/h2-5,12,15H,6-11,13H2,1H3. The highest BCUT2D eigenvalue weighted by Gasteiger charge is 2.32. The minimum Gasteiger partial charge on any atom is -0.497 e. The molecule has 1 aromatic carbocycles. The average molecular weight is 357 g/mol. The number of carbonyl (C=O) groups is 1. The van der Waals surface area contributed by atoms with Crippen molar-refractivity contribution >= 4 is 34.4 Å². The molecule has 1 amide bonds. The van der Waals surface area contributed by atoms with Crippen LogP contribution in [0.25, 0.3) is 10.9 Å². The number of aromatic nitrogens is 1. The van der Waals surface area contributed by atoms with Crippen molar-refractivity contribution in [3.8, 4) is 5.75 Å². The SMILES string of the molecule is COc1ccc2nc(N3CCC(C(=O)N4CCSCC4)C3)ccc2c1. The third kappa shape index (κ3) is 3.40. The molecule has 132 valence electrons. The Bertz CT molecular complexity index is 776. The molecule has 0 radical (unpaired) electrons. The van der Waals surface area contributed by atoms with Crippen LogP contribution < -0.4 is 9.64 Å². The number of amides is 1. The van der Waals surface area contributed by atoms with Crippen molar-refractivity contribution in [3.63, 3.8) is 0 Å². The molecule has 2 aromatic rings. The van der Waals surface area contributed by atoms with E-state index in [1.54, 1.807) is 7.11 Å². The molecule has 2 fully saturated rings. The van der Waals surface area contributed by atoms with Gasteiger partial charge in [0, 0.05) is 43.1 Å². The molecule has 0 saturated carbocycles. The maximum Gasteiger partial charge on any atom is 0.227 e. The number of ether oxygens (including phenoxy) is 1. The minimum absolute atomic E-state index is 0.108. The summed E-state index contributed by atoms with van der Waals surface area (Å²) in [6, 6.07) is 10.0. The minimum atomic E-state index is 0.108. The van der Waals surface area contributed by atoms with Crippen molar-refractivity contribution in [2.75, 3.05) is 49.7 Å². The Labute approximate surface area is 152 Å². The van der Waals surface area contributed by atoms with Gasteiger partial charge in [0.2, 0.25) is 5.91 Å². The molecule has 2 saturated heterocycles. The Morgan fingerprint density at radius 1 is 1.20 bits per heavy atom. The van der Waals surface area contributed by atoms with Gasteiger partial charge >= 0.3 is 0 Å². The molecule has 0 bridgehead atoms. The van der Waals surface area contributed by atoms with Crippen LogP contribution in [0, 0.1) is 5.92 Å². The number of thioether (sulfide) groups is 1. The van der Waals surface area contributed by atoms with E-state index in [0.29, 0.717) is 5.91 Å². The summed E-state index contributed by atoms with van der Waals surface area (Å²) < 4.78 is 5.27. The van der Waals surface area contributed by atoms with Crippen LogP contribution in [0.2, 0.25) is 0 Å². The molecule has 1 aromatic heterocycles. The topological polar surface area (TPSA) is 45.7 Å². The van der Waals surface area contributed by atoms with Crippen molar-refractivity contribution < 1.29 is 9.53 Å². The van der Waals surface area contributed by atoms with Gasteiger partial charge in [-0.15, -0.1) is 0 Å². The Morgan fingerprint density at radius 2 is 2.04 bits per heavy atom. The van der Waals surface area contributed by atoms with Gasteiger partial charge in [-0.2, -0.15) is 11.8 Å². The maximum absolute atomic E-state index is 12.7. The number of pyridine rings is 1. The largest absolute Gasteiger partial charge is 0.497 e. The van der Waals surface area contributed by atoms with Crippen LogP contribution >= 0.6 is 11.8 Å². The van der Waals surface area contributed by atoms with Gasteiger partial charge in [-0.1, -0.05) is 0 Å². The highest BCUT2D eigenvalue weighted by Crippen LogP contribution is 2.27. The average Bonchev–Trinajstić information content (AvgIpc) is 3.17. The molecule has 3 heterocycles. The number of hydrogen-bond donors (Lipinski definition) is 0. The summed E-state index contributed by atoms with van der Waals surface area (Å²) in [5.74, 6) is 4.37. The number of nitrogens with zero attached hydrogens (tertiary/aromatic N) is 3. The zero-order valence-corrected chi connectivity index (χ0v) is 15.3. The van der Waals surface area contributed by atoms with E-state index in [1.807, 2.05) is 40.9 Å². The first-order valence-corrected chi connectivity index (χ1v) is 9.96. The second-order valence-corrected chi connectivity index (χ2v) is 7.82. The molecule has 0 N–H and O–H groups in total. The van der Waals surface area contributed by atoms with Crippen LogP contribution in [0.3, 0.4) is 0 Å². The first kappa shape index (κ1) is 16.5. The lowest BCUT2D eigenvalue weighted by Crippen LogP contribution is -2.42. The van der Waals surface area contributed by atoms with Gasteiger partial charge in [-0.25, -0.2) is 4.98 Å². The van der Waals surface area contributed by atoms with E-state index in [1.165, 1.54) is 0 Å².